The van der Waals surface area contributed by atoms with Crippen LogP contribution in [0.1, 0.15) is 98.3 Å². The zero-order valence-corrected chi connectivity index (χ0v) is 21.8. The quantitative estimate of drug-likeness (QED) is 0.163. The summed E-state index contributed by atoms with van der Waals surface area (Å²) in [6, 6.07) is 0. The van der Waals surface area contributed by atoms with Crippen LogP contribution in [0, 0.1) is 34.5 Å². The Morgan fingerprint density at radius 2 is 1.94 bits per heavy atom. The summed E-state index contributed by atoms with van der Waals surface area (Å²) < 4.78 is 5.62. The van der Waals surface area contributed by atoms with E-state index in [-0.39, 0.29) is 17.5 Å². The van der Waals surface area contributed by atoms with Crippen LogP contribution < -0.4 is 0 Å². The second-order valence-electron chi connectivity index (χ2n) is 11.6. The molecule has 4 aliphatic rings. The van der Waals surface area contributed by atoms with Crippen molar-refractivity contribution in [1.82, 2.24) is 0 Å². The molecule has 0 radical (unpaired) electrons. The van der Waals surface area contributed by atoms with E-state index in [0.717, 1.165) is 37.0 Å². The van der Waals surface area contributed by atoms with Crippen LogP contribution in [0.5, 0.6) is 0 Å². The molecule has 0 heterocycles. The van der Waals surface area contributed by atoms with Gasteiger partial charge in [0.1, 0.15) is 6.10 Å². The molecular weight excluding hydrogens is 448 g/mol. The van der Waals surface area contributed by atoms with Gasteiger partial charge in [-0.25, -0.2) is 0 Å². The minimum absolute atomic E-state index is 0.0734. The highest BCUT2D eigenvalue weighted by atomic mass is 79.9. The number of hydrogen-bond donors (Lipinski definition) is 0. The number of ether oxygens (including phenoxy) is 1. The Hall–Kier alpha value is -0.570. The number of allylic oxidation sites excluding steroid dienone is 2. The van der Waals surface area contributed by atoms with Crippen molar-refractivity contribution >= 4 is 21.9 Å². The van der Waals surface area contributed by atoms with Gasteiger partial charge in [0.15, 0.2) is 0 Å². The Balaban J connectivity index is 1.54. The van der Waals surface area contributed by atoms with Crippen LogP contribution in [0.2, 0.25) is 0 Å². The SMILES string of the molecule is C=C(CCCCC)C1CCC2C3C(Br)C=C4CC(OC(C)=O)CC[C@]4(C)C3CC[C@]12C. The Morgan fingerprint density at radius 3 is 2.65 bits per heavy atom. The van der Waals surface area contributed by atoms with E-state index >= 15 is 0 Å². The second-order valence-corrected chi connectivity index (χ2v) is 12.7. The van der Waals surface area contributed by atoms with E-state index in [9.17, 15) is 4.79 Å². The first-order chi connectivity index (χ1) is 14.7. The van der Waals surface area contributed by atoms with E-state index in [2.05, 4.69) is 49.4 Å². The first kappa shape index (κ1) is 23.6. The predicted molar refractivity (Wildman–Crippen MR) is 132 cm³/mol. The summed E-state index contributed by atoms with van der Waals surface area (Å²) in [4.78, 5) is 12.0. The van der Waals surface area contributed by atoms with Crippen molar-refractivity contribution in [2.75, 3.05) is 0 Å². The molecule has 0 N–H and O–H groups in total. The zero-order valence-electron chi connectivity index (χ0n) is 20.2. The number of carbonyl (C=O) groups excluding carboxylic acids is 1. The van der Waals surface area contributed by atoms with Crippen molar-refractivity contribution in [3.05, 3.63) is 23.8 Å². The van der Waals surface area contributed by atoms with E-state index in [1.54, 1.807) is 18.1 Å². The Morgan fingerprint density at radius 1 is 1.16 bits per heavy atom. The summed E-state index contributed by atoms with van der Waals surface area (Å²) >= 11 is 4.15. The van der Waals surface area contributed by atoms with Crippen LogP contribution in [0.15, 0.2) is 23.8 Å². The van der Waals surface area contributed by atoms with E-state index in [1.807, 2.05) is 0 Å². The average Bonchev–Trinajstić information content (AvgIpc) is 3.06. The van der Waals surface area contributed by atoms with Gasteiger partial charge in [-0.2, -0.15) is 0 Å². The lowest BCUT2D eigenvalue weighted by Crippen LogP contribution is -2.53. The van der Waals surface area contributed by atoms with Crippen LogP contribution in [0.3, 0.4) is 0 Å². The molecule has 0 aliphatic heterocycles. The zero-order chi connectivity index (χ0) is 22.4. The highest BCUT2D eigenvalue weighted by Gasteiger charge is 2.60. The summed E-state index contributed by atoms with van der Waals surface area (Å²) in [6.07, 6.45) is 16.3. The molecule has 6 unspecified atom stereocenters. The molecule has 8 atom stereocenters. The monoisotopic (exact) mass is 490 g/mol. The number of carbonyl (C=O) groups is 1. The Kier molecular flexibility index (Phi) is 6.84. The normalized spacial score (nSPS) is 44.0. The fourth-order valence-electron chi connectivity index (χ4n) is 8.35. The third kappa shape index (κ3) is 4.11. The molecular formula is C28H43BrO2. The molecule has 0 aromatic heterocycles. The molecule has 4 aliphatic carbocycles. The van der Waals surface area contributed by atoms with E-state index in [4.69, 9.17) is 4.74 Å². The maximum atomic E-state index is 11.5. The van der Waals surface area contributed by atoms with Crippen LogP contribution in [0.25, 0.3) is 0 Å². The van der Waals surface area contributed by atoms with Crippen molar-refractivity contribution in [3.8, 4) is 0 Å². The number of halogens is 1. The van der Waals surface area contributed by atoms with Gasteiger partial charge in [-0.15, -0.1) is 0 Å². The van der Waals surface area contributed by atoms with Crippen molar-refractivity contribution < 1.29 is 9.53 Å². The molecule has 3 saturated carbocycles. The molecule has 31 heavy (non-hydrogen) atoms. The van der Waals surface area contributed by atoms with E-state index in [0.29, 0.717) is 16.2 Å². The fraction of sp³-hybridized carbons (Fsp3) is 0.821. The van der Waals surface area contributed by atoms with Crippen molar-refractivity contribution in [2.24, 2.45) is 34.5 Å². The van der Waals surface area contributed by atoms with Crippen molar-refractivity contribution in [3.63, 3.8) is 0 Å². The van der Waals surface area contributed by atoms with Gasteiger partial charge in [0.2, 0.25) is 0 Å². The highest BCUT2D eigenvalue weighted by Crippen LogP contribution is 2.68. The molecule has 174 valence electrons. The molecule has 0 amide bonds. The fourth-order valence-corrected chi connectivity index (χ4v) is 9.41. The molecule has 0 saturated heterocycles. The minimum Gasteiger partial charge on any atom is -0.462 e. The molecule has 0 bridgehead atoms. The summed E-state index contributed by atoms with van der Waals surface area (Å²) in [6.45, 7) is 13.6. The number of hydrogen-bond acceptors (Lipinski definition) is 2. The third-order valence-electron chi connectivity index (χ3n) is 9.97. The van der Waals surface area contributed by atoms with Gasteiger partial charge in [-0.3, -0.25) is 4.79 Å². The van der Waals surface area contributed by atoms with Crippen LogP contribution >= 0.6 is 15.9 Å². The Labute approximate surface area is 198 Å². The number of esters is 1. The average molecular weight is 492 g/mol. The van der Waals surface area contributed by atoms with Gasteiger partial charge in [0, 0.05) is 18.2 Å². The lowest BCUT2D eigenvalue weighted by molar-refractivity contribution is -0.148. The number of fused-ring (bicyclic) bond motifs is 5. The highest BCUT2D eigenvalue weighted by molar-refractivity contribution is 9.09. The van der Waals surface area contributed by atoms with E-state index < -0.39 is 0 Å². The lowest BCUT2D eigenvalue weighted by atomic mass is 9.47. The summed E-state index contributed by atoms with van der Waals surface area (Å²) in [5.74, 6) is 2.85. The molecule has 4 rings (SSSR count). The number of unbranched alkanes of at least 4 members (excludes halogenated alkanes) is 2. The topological polar surface area (TPSA) is 26.3 Å². The molecule has 2 nitrogen and oxygen atoms in total. The van der Waals surface area contributed by atoms with Gasteiger partial charge < -0.3 is 4.74 Å². The maximum Gasteiger partial charge on any atom is 0.302 e. The smallest absolute Gasteiger partial charge is 0.302 e. The van der Waals surface area contributed by atoms with Gasteiger partial charge in [-0.1, -0.05) is 73.3 Å². The lowest BCUT2D eigenvalue weighted by Gasteiger charge is -2.59. The van der Waals surface area contributed by atoms with Crippen LogP contribution in [-0.4, -0.2) is 16.9 Å². The van der Waals surface area contributed by atoms with Crippen molar-refractivity contribution in [1.29, 1.82) is 0 Å². The summed E-state index contributed by atoms with van der Waals surface area (Å²) in [5.41, 5.74) is 3.80. The van der Waals surface area contributed by atoms with Gasteiger partial charge in [0.25, 0.3) is 0 Å². The first-order valence-electron chi connectivity index (χ1n) is 12.9. The largest absolute Gasteiger partial charge is 0.462 e. The standard InChI is InChI=1S/C28H43BrO2/c1-6-7-8-9-18(2)22-10-11-23-26-24(13-15-28(22,23)5)27(4)14-12-21(31-19(3)30)16-20(27)17-25(26)29/h17,21-26H,2,6-16H2,1,3-5H3/t21?,22?,23?,24?,25?,26?,27-,28+/m0/s1. The van der Waals surface area contributed by atoms with Gasteiger partial charge in [-0.05, 0) is 85.9 Å². The van der Waals surface area contributed by atoms with Crippen molar-refractivity contribution in [2.45, 2.75) is 109 Å². The first-order valence-corrected chi connectivity index (χ1v) is 13.8. The van der Waals surface area contributed by atoms with Crippen LogP contribution in [0.4, 0.5) is 0 Å². The molecule has 0 spiro atoms. The molecule has 0 aromatic carbocycles. The summed E-state index contributed by atoms with van der Waals surface area (Å²) in [5, 5.41) is 0. The third-order valence-corrected chi connectivity index (χ3v) is 10.8. The molecule has 3 heteroatoms. The minimum atomic E-state index is -0.136. The van der Waals surface area contributed by atoms with Gasteiger partial charge >= 0.3 is 5.97 Å². The number of alkyl halides is 1. The number of rotatable bonds is 6. The predicted octanol–water partition coefficient (Wildman–Crippen LogP) is 8.01. The Bertz CT molecular complexity index is 741. The van der Waals surface area contributed by atoms with Gasteiger partial charge in [0.05, 0.1) is 0 Å². The van der Waals surface area contributed by atoms with Crippen LogP contribution in [-0.2, 0) is 9.53 Å². The van der Waals surface area contributed by atoms with E-state index in [1.165, 1.54) is 51.4 Å². The summed E-state index contributed by atoms with van der Waals surface area (Å²) in [7, 11) is 0. The maximum absolute atomic E-state index is 11.5. The molecule has 0 aromatic rings. The molecule has 3 fully saturated rings. The second kappa shape index (κ2) is 8.99.